The lowest BCUT2D eigenvalue weighted by atomic mass is 10.1. The SMILES string of the molecule is O=C(O)C1C=C(c2cccc(Cl)c2)NO1. The van der Waals surface area contributed by atoms with Gasteiger partial charge in [0, 0.05) is 10.6 Å². The number of hydroxylamine groups is 1. The second-order valence-electron chi connectivity index (χ2n) is 3.07. The van der Waals surface area contributed by atoms with Gasteiger partial charge in [-0.25, -0.2) is 4.79 Å². The highest BCUT2D eigenvalue weighted by Gasteiger charge is 2.23. The maximum Gasteiger partial charge on any atom is 0.339 e. The second-order valence-corrected chi connectivity index (χ2v) is 3.51. The predicted molar refractivity (Wildman–Crippen MR) is 55.1 cm³/mol. The largest absolute Gasteiger partial charge is 0.479 e. The minimum atomic E-state index is -1.03. The van der Waals surface area contributed by atoms with E-state index >= 15 is 0 Å². The number of halogens is 1. The van der Waals surface area contributed by atoms with E-state index in [-0.39, 0.29) is 0 Å². The van der Waals surface area contributed by atoms with Gasteiger partial charge in [-0.1, -0.05) is 23.7 Å². The van der Waals surface area contributed by atoms with E-state index in [0.29, 0.717) is 10.7 Å². The number of hydrogen-bond acceptors (Lipinski definition) is 3. The van der Waals surface area contributed by atoms with Gasteiger partial charge in [0.05, 0.1) is 5.70 Å². The molecule has 5 heteroatoms. The zero-order valence-corrected chi connectivity index (χ0v) is 8.36. The van der Waals surface area contributed by atoms with Crippen LogP contribution in [0, 0.1) is 0 Å². The highest BCUT2D eigenvalue weighted by Crippen LogP contribution is 2.21. The van der Waals surface area contributed by atoms with Gasteiger partial charge >= 0.3 is 5.97 Å². The van der Waals surface area contributed by atoms with Crippen molar-refractivity contribution in [3.63, 3.8) is 0 Å². The Hall–Kier alpha value is -1.52. The van der Waals surface area contributed by atoms with Gasteiger partial charge < -0.3 is 5.11 Å². The number of carboxylic acid groups (broad SMARTS) is 1. The fraction of sp³-hybridized carbons (Fsp3) is 0.100. The zero-order chi connectivity index (χ0) is 10.8. The molecule has 0 aromatic heterocycles. The van der Waals surface area contributed by atoms with Crippen LogP contribution in [-0.2, 0) is 9.63 Å². The lowest BCUT2D eigenvalue weighted by Crippen LogP contribution is -2.20. The van der Waals surface area contributed by atoms with Crippen molar-refractivity contribution in [1.29, 1.82) is 0 Å². The van der Waals surface area contributed by atoms with E-state index in [1.807, 2.05) is 6.07 Å². The highest BCUT2D eigenvalue weighted by atomic mass is 35.5. The molecule has 1 atom stereocenters. The minimum absolute atomic E-state index is 0.592. The van der Waals surface area contributed by atoms with Gasteiger partial charge in [0.15, 0.2) is 0 Å². The molecule has 0 fully saturated rings. The van der Waals surface area contributed by atoms with Crippen LogP contribution in [0.2, 0.25) is 5.02 Å². The third-order valence-corrected chi connectivity index (χ3v) is 2.23. The maximum absolute atomic E-state index is 10.6. The Morgan fingerprint density at radius 3 is 2.93 bits per heavy atom. The third kappa shape index (κ3) is 2.11. The summed E-state index contributed by atoms with van der Waals surface area (Å²) in [5, 5.41) is 9.29. The molecule has 0 saturated carbocycles. The first-order valence-corrected chi connectivity index (χ1v) is 4.67. The van der Waals surface area contributed by atoms with Crippen LogP contribution in [0.3, 0.4) is 0 Å². The molecule has 1 unspecified atom stereocenters. The van der Waals surface area contributed by atoms with Crippen LogP contribution in [0.5, 0.6) is 0 Å². The number of rotatable bonds is 2. The van der Waals surface area contributed by atoms with E-state index in [4.69, 9.17) is 21.5 Å². The molecule has 0 saturated heterocycles. The Labute approximate surface area is 91.1 Å². The summed E-state index contributed by atoms with van der Waals surface area (Å²) < 4.78 is 0. The van der Waals surface area contributed by atoms with Crippen molar-refractivity contribution in [3.8, 4) is 0 Å². The average Bonchev–Trinajstić information content (AvgIpc) is 2.66. The van der Waals surface area contributed by atoms with E-state index in [0.717, 1.165) is 5.56 Å². The van der Waals surface area contributed by atoms with Crippen LogP contribution < -0.4 is 5.48 Å². The van der Waals surface area contributed by atoms with Crippen LogP contribution in [-0.4, -0.2) is 17.2 Å². The quantitative estimate of drug-likeness (QED) is 0.804. The molecular weight excluding hydrogens is 218 g/mol. The second kappa shape index (κ2) is 3.92. The topological polar surface area (TPSA) is 58.6 Å². The van der Waals surface area contributed by atoms with Crippen molar-refractivity contribution in [1.82, 2.24) is 5.48 Å². The highest BCUT2D eigenvalue weighted by molar-refractivity contribution is 6.30. The van der Waals surface area contributed by atoms with E-state index < -0.39 is 12.1 Å². The molecule has 0 radical (unpaired) electrons. The Morgan fingerprint density at radius 2 is 2.33 bits per heavy atom. The zero-order valence-electron chi connectivity index (χ0n) is 7.61. The normalized spacial score (nSPS) is 19.5. The number of nitrogens with one attached hydrogen (secondary N) is 1. The van der Waals surface area contributed by atoms with Crippen molar-refractivity contribution < 1.29 is 14.7 Å². The van der Waals surface area contributed by atoms with E-state index in [9.17, 15) is 4.79 Å². The summed E-state index contributed by atoms with van der Waals surface area (Å²) in [7, 11) is 0. The molecule has 0 bridgehead atoms. The monoisotopic (exact) mass is 225 g/mol. The average molecular weight is 226 g/mol. The number of aliphatic carboxylic acids is 1. The molecule has 2 rings (SSSR count). The van der Waals surface area contributed by atoms with Gasteiger partial charge in [-0.15, -0.1) is 0 Å². The van der Waals surface area contributed by atoms with Gasteiger partial charge in [-0.3, -0.25) is 10.3 Å². The molecule has 78 valence electrons. The minimum Gasteiger partial charge on any atom is -0.479 e. The fourth-order valence-electron chi connectivity index (χ4n) is 1.28. The summed E-state index contributed by atoms with van der Waals surface area (Å²) >= 11 is 5.81. The molecular formula is C10H8ClNO3. The van der Waals surface area contributed by atoms with E-state index in [1.165, 1.54) is 6.08 Å². The molecule has 1 heterocycles. The summed E-state index contributed by atoms with van der Waals surface area (Å²) in [6, 6.07) is 7.08. The lowest BCUT2D eigenvalue weighted by molar-refractivity contribution is -0.148. The van der Waals surface area contributed by atoms with Crippen LogP contribution >= 0.6 is 11.6 Å². The molecule has 0 amide bonds. The predicted octanol–water partition coefficient (Wildman–Crippen LogP) is 1.67. The molecule has 1 aromatic carbocycles. The van der Waals surface area contributed by atoms with Crippen molar-refractivity contribution in [2.24, 2.45) is 0 Å². The van der Waals surface area contributed by atoms with Gasteiger partial charge in [0.1, 0.15) is 0 Å². The van der Waals surface area contributed by atoms with Crippen LogP contribution in [0.25, 0.3) is 5.70 Å². The molecule has 1 aromatic rings. The summed E-state index contributed by atoms with van der Waals surface area (Å²) in [4.78, 5) is 15.4. The first-order chi connectivity index (χ1) is 7.16. The molecule has 4 nitrogen and oxygen atoms in total. The molecule has 15 heavy (non-hydrogen) atoms. The summed E-state index contributed by atoms with van der Waals surface area (Å²) in [6.07, 6.45) is 0.549. The Balaban J connectivity index is 2.26. The summed E-state index contributed by atoms with van der Waals surface area (Å²) in [5.74, 6) is -1.03. The molecule has 0 spiro atoms. The molecule has 1 aliphatic heterocycles. The van der Waals surface area contributed by atoms with Crippen LogP contribution in [0.15, 0.2) is 30.3 Å². The third-order valence-electron chi connectivity index (χ3n) is 1.99. The summed E-state index contributed by atoms with van der Waals surface area (Å²) in [5.41, 5.74) is 3.97. The number of carbonyl (C=O) groups is 1. The van der Waals surface area contributed by atoms with E-state index in [2.05, 4.69) is 5.48 Å². The van der Waals surface area contributed by atoms with Crippen molar-refractivity contribution in [2.75, 3.05) is 0 Å². The van der Waals surface area contributed by atoms with Gasteiger partial charge in [-0.2, -0.15) is 0 Å². The Morgan fingerprint density at radius 1 is 1.53 bits per heavy atom. The lowest BCUT2D eigenvalue weighted by Gasteiger charge is -2.03. The van der Waals surface area contributed by atoms with E-state index in [1.54, 1.807) is 18.2 Å². The molecule has 2 N–H and O–H groups in total. The first-order valence-electron chi connectivity index (χ1n) is 4.29. The molecule has 1 aliphatic rings. The van der Waals surface area contributed by atoms with Gasteiger partial charge in [-0.05, 0) is 18.2 Å². The standard InChI is InChI=1S/C10H8ClNO3/c11-7-3-1-2-6(4-7)8-5-9(10(13)14)15-12-8/h1-5,9,12H,(H,13,14). The fourth-order valence-corrected chi connectivity index (χ4v) is 1.47. The van der Waals surface area contributed by atoms with Gasteiger partial charge in [0.2, 0.25) is 6.10 Å². The number of hydrogen-bond donors (Lipinski definition) is 2. The van der Waals surface area contributed by atoms with Gasteiger partial charge in [0.25, 0.3) is 0 Å². The Kier molecular flexibility index (Phi) is 2.62. The maximum atomic E-state index is 10.6. The first kappa shape index (κ1) is 10.0. The Bertz CT molecular complexity index is 430. The van der Waals surface area contributed by atoms with Crippen molar-refractivity contribution in [2.45, 2.75) is 6.10 Å². The molecule has 0 aliphatic carbocycles. The van der Waals surface area contributed by atoms with Crippen LogP contribution in [0.1, 0.15) is 5.56 Å². The number of benzene rings is 1. The number of carboxylic acids is 1. The van der Waals surface area contributed by atoms with Crippen LogP contribution in [0.4, 0.5) is 0 Å². The van der Waals surface area contributed by atoms with Crippen molar-refractivity contribution >= 4 is 23.3 Å². The smallest absolute Gasteiger partial charge is 0.339 e. The summed E-state index contributed by atoms with van der Waals surface area (Å²) in [6.45, 7) is 0. The van der Waals surface area contributed by atoms with Crippen molar-refractivity contribution in [3.05, 3.63) is 40.9 Å².